The molecule has 8 heteroatoms. The number of rotatable bonds is 7. The van der Waals surface area contributed by atoms with Crippen molar-refractivity contribution >= 4 is 28.3 Å². The normalized spacial score (nSPS) is 18.4. The second-order valence-corrected chi connectivity index (χ2v) is 8.25. The van der Waals surface area contributed by atoms with E-state index in [4.69, 9.17) is 9.47 Å². The molecular formula is C21H25N3O4S. The zero-order valence-electron chi connectivity index (χ0n) is 16.5. The number of hydrogen-bond donors (Lipinski definition) is 1. The highest BCUT2D eigenvalue weighted by Crippen LogP contribution is 2.32. The molecule has 1 atom stereocenters. The van der Waals surface area contributed by atoms with Gasteiger partial charge in [0.05, 0.1) is 18.2 Å². The first kappa shape index (κ1) is 19.8. The molecule has 1 aromatic heterocycles. The number of aromatic nitrogens is 1. The number of carbonyl (C=O) groups excluding carboxylic acids is 2. The lowest BCUT2D eigenvalue weighted by atomic mass is 10.0. The van der Waals surface area contributed by atoms with E-state index in [1.54, 1.807) is 12.0 Å². The minimum atomic E-state index is -0.335. The predicted octanol–water partition coefficient (Wildman–Crippen LogP) is 2.96. The number of amides is 2. The summed E-state index contributed by atoms with van der Waals surface area (Å²) >= 11 is 1.40. The van der Waals surface area contributed by atoms with E-state index in [1.807, 2.05) is 17.5 Å². The zero-order chi connectivity index (χ0) is 20.2. The van der Waals surface area contributed by atoms with Gasteiger partial charge in [0.15, 0.2) is 5.13 Å². The Morgan fingerprint density at radius 2 is 2.34 bits per heavy atom. The van der Waals surface area contributed by atoms with Crippen LogP contribution in [0.2, 0.25) is 0 Å². The predicted molar refractivity (Wildman–Crippen MR) is 111 cm³/mol. The van der Waals surface area contributed by atoms with Gasteiger partial charge in [-0.25, -0.2) is 4.98 Å². The topological polar surface area (TPSA) is 80.8 Å². The van der Waals surface area contributed by atoms with Crippen LogP contribution in [-0.4, -0.2) is 55.1 Å². The Labute approximate surface area is 174 Å². The van der Waals surface area contributed by atoms with Gasteiger partial charge in [0.1, 0.15) is 5.75 Å². The Kier molecular flexibility index (Phi) is 6.10. The van der Waals surface area contributed by atoms with Gasteiger partial charge in [0, 0.05) is 44.2 Å². The number of hydrogen-bond acceptors (Lipinski definition) is 6. The van der Waals surface area contributed by atoms with Crippen molar-refractivity contribution in [3.63, 3.8) is 0 Å². The molecule has 1 saturated heterocycles. The van der Waals surface area contributed by atoms with Gasteiger partial charge >= 0.3 is 0 Å². The second kappa shape index (κ2) is 8.92. The van der Waals surface area contributed by atoms with Gasteiger partial charge in [-0.05, 0) is 43.0 Å². The fourth-order valence-corrected chi connectivity index (χ4v) is 4.48. The van der Waals surface area contributed by atoms with Crippen molar-refractivity contribution in [2.45, 2.75) is 25.7 Å². The van der Waals surface area contributed by atoms with E-state index in [-0.39, 0.29) is 24.2 Å². The molecule has 2 amide bonds. The molecule has 2 aliphatic heterocycles. The number of carbonyl (C=O) groups is 2. The number of aryl methyl sites for hydroxylation is 1. The second-order valence-electron chi connectivity index (χ2n) is 7.39. The van der Waals surface area contributed by atoms with Crippen LogP contribution in [-0.2, 0) is 20.7 Å². The van der Waals surface area contributed by atoms with Crippen molar-refractivity contribution in [1.82, 2.24) is 9.88 Å². The van der Waals surface area contributed by atoms with Gasteiger partial charge < -0.3 is 19.7 Å². The molecule has 4 rings (SSSR count). The number of fused-ring (bicyclic) bond motifs is 1. The number of benzene rings is 1. The zero-order valence-corrected chi connectivity index (χ0v) is 17.3. The van der Waals surface area contributed by atoms with Crippen LogP contribution < -0.4 is 10.1 Å². The molecule has 0 aliphatic carbocycles. The molecule has 0 radical (unpaired) electrons. The van der Waals surface area contributed by atoms with Gasteiger partial charge in [0.2, 0.25) is 11.8 Å². The van der Waals surface area contributed by atoms with E-state index in [2.05, 4.69) is 16.4 Å². The van der Waals surface area contributed by atoms with Crippen LogP contribution in [0.3, 0.4) is 0 Å². The summed E-state index contributed by atoms with van der Waals surface area (Å²) < 4.78 is 10.7. The van der Waals surface area contributed by atoms with E-state index in [0.717, 1.165) is 42.9 Å². The van der Waals surface area contributed by atoms with Crippen LogP contribution in [0.25, 0.3) is 11.3 Å². The summed E-state index contributed by atoms with van der Waals surface area (Å²) in [6, 6.07) is 6.10. The first-order valence-electron chi connectivity index (χ1n) is 9.93. The number of methoxy groups -OCH3 is 1. The number of likely N-dealkylation sites (tertiary alicyclic amines) is 1. The van der Waals surface area contributed by atoms with E-state index >= 15 is 0 Å². The first-order valence-corrected chi connectivity index (χ1v) is 10.8. The largest absolute Gasteiger partial charge is 0.493 e. The van der Waals surface area contributed by atoms with Crippen molar-refractivity contribution in [3.05, 3.63) is 29.1 Å². The molecule has 0 saturated carbocycles. The van der Waals surface area contributed by atoms with E-state index < -0.39 is 0 Å². The summed E-state index contributed by atoms with van der Waals surface area (Å²) in [6.45, 7) is 2.46. The van der Waals surface area contributed by atoms with Crippen LogP contribution in [0.1, 0.15) is 24.8 Å². The number of nitrogens with zero attached hydrogens (tertiary/aromatic N) is 2. The quantitative estimate of drug-likeness (QED) is 0.703. The Morgan fingerprint density at radius 1 is 1.45 bits per heavy atom. The summed E-state index contributed by atoms with van der Waals surface area (Å²) in [5.41, 5.74) is 3.05. The summed E-state index contributed by atoms with van der Waals surface area (Å²) in [7, 11) is 1.64. The van der Waals surface area contributed by atoms with Gasteiger partial charge in [-0.1, -0.05) is 0 Å². The van der Waals surface area contributed by atoms with Gasteiger partial charge in [-0.3, -0.25) is 9.59 Å². The smallest absolute Gasteiger partial charge is 0.231 e. The number of anilines is 1. The first-order chi connectivity index (χ1) is 14.1. The molecule has 0 spiro atoms. The third kappa shape index (κ3) is 4.59. The minimum Gasteiger partial charge on any atom is -0.493 e. The fourth-order valence-electron chi connectivity index (χ4n) is 3.75. The third-order valence-corrected chi connectivity index (χ3v) is 6.06. The maximum absolute atomic E-state index is 12.6. The standard InChI is InChI=1S/C21H25N3O4S/c1-27-8-3-7-24-12-16(11-19(24)25)20(26)23-21-22-17(13-29-21)14-5-6-18-15(10-14)4-2-9-28-18/h5-6,10,13,16H,2-4,7-9,11-12H2,1H3,(H,22,23,26)/t16-/m1/s1. The van der Waals surface area contributed by atoms with Crippen LogP contribution in [0.15, 0.2) is 23.6 Å². The van der Waals surface area contributed by atoms with Crippen LogP contribution in [0.4, 0.5) is 5.13 Å². The van der Waals surface area contributed by atoms with E-state index in [9.17, 15) is 9.59 Å². The molecule has 7 nitrogen and oxygen atoms in total. The molecule has 1 aromatic carbocycles. The van der Waals surface area contributed by atoms with E-state index in [0.29, 0.717) is 24.8 Å². The van der Waals surface area contributed by atoms with Crippen molar-refractivity contribution in [2.75, 3.05) is 38.7 Å². The maximum atomic E-state index is 12.6. The summed E-state index contributed by atoms with van der Waals surface area (Å²) in [6.07, 6.45) is 3.06. The monoisotopic (exact) mass is 415 g/mol. The fraction of sp³-hybridized carbons (Fsp3) is 0.476. The lowest BCUT2D eigenvalue weighted by molar-refractivity contribution is -0.128. The van der Waals surface area contributed by atoms with Crippen molar-refractivity contribution < 1.29 is 19.1 Å². The summed E-state index contributed by atoms with van der Waals surface area (Å²) in [5, 5.41) is 5.39. The highest BCUT2D eigenvalue weighted by Gasteiger charge is 2.34. The van der Waals surface area contributed by atoms with Crippen molar-refractivity contribution in [1.29, 1.82) is 0 Å². The minimum absolute atomic E-state index is 0.0253. The molecule has 3 heterocycles. The average Bonchev–Trinajstić information content (AvgIpc) is 3.35. The average molecular weight is 416 g/mol. The van der Waals surface area contributed by atoms with Gasteiger partial charge in [-0.15, -0.1) is 11.3 Å². The number of nitrogens with one attached hydrogen (secondary N) is 1. The molecule has 2 aromatic rings. The molecule has 154 valence electrons. The third-order valence-electron chi connectivity index (χ3n) is 5.30. The maximum Gasteiger partial charge on any atom is 0.231 e. The van der Waals surface area contributed by atoms with Crippen molar-refractivity contribution in [2.24, 2.45) is 5.92 Å². The van der Waals surface area contributed by atoms with Crippen LogP contribution in [0.5, 0.6) is 5.75 Å². The molecule has 0 bridgehead atoms. The molecule has 0 unspecified atom stereocenters. The molecule has 1 N–H and O–H groups in total. The number of ether oxygens (including phenoxy) is 2. The molecule has 2 aliphatic rings. The lowest BCUT2D eigenvalue weighted by Gasteiger charge is -2.17. The van der Waals surface area contributed by atoms with Crippen LogP contribution >= 0.6 is 11.3 Å². The lowest BCUT2D eigenvalue weighted by Crippen LogP contribution is -2.29. The van der Waals surface area contributed by atoms with Crippen LogP contribution in [0, 0.1) is 5.92 Å². The molecule has 1 fully saturated rings. The van der Waals surface area contributed by atoms with Gasteiger partial charge in [0.25, 0.3) is 0 Å². The van der Waals surface area contributed by atoms with Crippen molar-refractivity contribution in [3.8, 4) is 17.0 Å². The Bertz CT molecular complexity index is 898. The summed E-state index contributed by atoms with van der Waals surface area (Å²) in [4.78, 5) is 31.0. The highest BCUT2D eigenvalue weighted by atomic mass is 32.1. The Hall–Kier alpha value is -2.45. The van der Waals surface area contributed by atoms with E-state index in [1.165, 1.54) is 16.9 Å². The summed E-state index contributed by atoms with van der Waals surface area (Å²) in [5.74, 6) is 0.493. The highest BCUT2D eigenvalue weighted by molar-refractivity contribution is 7.14. The Morgan fingerprint density at radius 3 is 3.21 bits per heavy atom. The Balaban J connectivity index is 1.37. The van der Waals surface area contributed by atoms with Gasteiger partial charge in [-0.2, -0.15) is 0 Å². The number of thiazole rings is 1. The SMILES string of the molecule is COCCCN1C[C@H](C(=O)Nc2nc(-c3ccc4c(c3)CCCO4)cs2)CC1=O. The molecule has 29 heavy (non-hydrogen) atoms. The molecular weight excluding hydrogens is 390 g/mol.